The predicted octanol–water partition coefficient (Wildman–Crippen LogP) is 3.47. The number of halogens is 1. The van der Waals surface area contributed by atoms with E-state index in [-0.39, 0.29) is 12.0 Å². The molecule has 4 saturated heterocycles. The van der Waals surface area contributed by atoms with Crippen LogP contribution in [0.15, 0.2) is 40.9 Å². The highest BCUT2D eigenvalue weighted by Gasteiger charge is 2.44. The average Bonchev–Trinajstić information content (AvgIpc) is 3.29. The topological polar surface area (TPSA) is 48.8 Å². The summed E-state index contributed by atoms with van der Waals surface area (Å²) >= 11 is 3.75. The maximum atomic E-state index is 11.3. The summed E-state index contributed by atoms with van der Waals surface area (Å²) < 4.78 is 6.50. The molecule has 2 bridgehead atoms. The second kappa shape index (κ2) is 9.15. The summed E-state index contributed by atoms with van der Waals surface area (Å²) in [7, 11) is 1.77. The van der Waals surface area contributed by atoms with Crippen molar-refractivity contribution in [3.63, 3.8) is 0 Å². The number of hydrogen-bond acceptors (Lipinski definition) is 5. The number of piperidine rings is 3. The van der Waals surface area contributed by atoms with Gasteiger partial charge in [-0.3, -0.25) is 4.90 Å². The van der Waals surface area contributed by atoms with E-state index in [1.165, 1.54) is 5.56 Å². The lowest BCUT2D eigenvalue weighted by Crippen LogP contribution is -2.58. The van der Waals surface area contributed by atoms with Gasteiger partial charge in [-0.25, -0.2) is 4.98 Å². The molecule has 0 amide bonds. The first kappa shape index (κ1) is 21.9. The molecule has 168 valence electrons. The van der Waals surface area contributed by atoms with Crippen LogP contribution in [0.5, 0.6) is 0 Å². The van der Waals surface area contributed by atoms with Crippen LogP contribution in [0.25, 0.3) is 0 Å². The minimum absolute atomic E-state index is 0.242. The minimum Gasteiger partial charge on any atom is -0.380 e. The molecule has 6 heteroatoms. The normalized spacial score (nSPS) is 29.1. The summed E-state index contributed by atoms with van der Waals surface area (Å²) in [6, 6.07) is 12.5. The predicted molar refractivity (Wildman–Crippen MR) is 130 cm³/mol. The van der Waals surface area contributed by atoms with Crippen LogP contribution in [0.4, 0.5) is 5.82 Å². The first-order valence-electron chi connectivity index (χ1n) is 11.5. The number of benzene rings is 1. The van der Waals surface area contributed by atoms with Gasteiger partial charge in [0.15, 0.2) is 0 Å². The van der Waals surface area contributed by atoms with Gasteiger partial charge in [-0.1, -0.05) is 42.2 Å². The third-order valence-corrected chi connectivity index (χ3v) is 7.75. The third-order valence-electron chi connectivity index (χ3n) is 7.17. The van der Waals surface area contributed by atoms with E-state index in [0.717, 1.165) is 67.0 Å². The summed E-state index contributed by atoms with van der Waals surface area (Å²) in [6.07, 6.45) is 4.01. The van der Waals surface area contributed by atoms with Gasteiger partial charge in [0.1, 0.15) is 11.4 Å². The molecule has 4 fully saturated rings. The van der Waals surface area contributed by atoms with Crippen molar-refractivity contribution in [2.24, 2.45) is 5.92 Å². The molecule has 4 aliphatic heterocycles. The number of aromatic nitrogens is 1. The molecule has 2 atom stereocenters. The van der Waals surface area contributed by atoms with Crippen LogP contribution in [0, 0.1) is 17.8 Å². The summed E-state index contributed by atoms with van der Waals surface area (Å²) in [5, 5.41) is 11.3. The monoisotopic (exact) mass is 495 g/mol. The summed E-state index contributed by atoms with van der Waals surface area (Å²) in [6.45, 7) is 4.58. The van der Waals surface area contributed by atoms with Crippen LogP contribution in [0.3, 0.4) is 0 Å². The van der Waals surface area contributed by atoms with Crippen molar-refractivity contribution >= 4 is 21.7 Å². The molecule has 5 nitrogen and oxygen atoms in total. The second-order valence-electron chi connectivity index (χ2n) is 9.27. The van der Waals surface area contributed by atoms with E-state index in [9.17, 15) is 5.11 Å². The number of pyridine rings is 1. The fourth-order valence-corrected chi connectivity index (χ4v) is 5.81. The maximum Gasteiger partial charge on any atom is 0.143 e. The Morgan fingerprint density at radius 3 is 2.62 bits per heavy atom. The van der Waals surface area contributed by atoms with Crippen molar-refractivity contribution in [2.45, 2.75) is 37.4 Å². The summed E-state index contributed by atoms with van der Waals surface area (Å²) in [5.41, 5.74) is 2.12. The quantitative estimate of drug-likeness (QED) is 0.658. The van der Waals surface area contributed by atoms with Gasteiger partial charge < -0.3 is 14.7 Å². The van der Waals surface area contributed by atoms with Gasteiger partial charge >= 0.3 is 0 Å². The minimum atomic E-state index is -0.924. The molecule has 0 radical (unpaired) electrons. The number of nitrogens with zero attached hydrogens (tertiary/aromatic N) is 3. The van der Waals surface area contributed by atoms with E-state index >= 15 is 0 Å². The number of aliphatic hydroxyl groups is 1. The highest BCUT2D eigenvalue weighted by Crippen LogP contribution is 2.36. The Balaban J connectivity index is 1.49. The zero-order valence-corrected chi connectivity index (χ0v) is 20.1. The molecular formula is C26H30BrN3O2. The Labute approximate surface area is 198 Å². The van der Waals surface area contributed by atoms with Gasteiger partial charge in [-0.2, -0.15) is 0 Å². The van der Waals surface area contributed by atoms with Crippen LogP contribution in [0.2, 0.25) is 0 Å². The first-order chi connectivity index (χ1) is 15.5. The van der Waals surface area contributed by atoms with Crippen molar-refractivity contribution in [3.05, 3.63) is 57.7 Å². The van der Waals surface area contributed by atoms with Gasteiger partial charge in [0, 0.05) is 44.6 Å². The Morgan fingerprint density at radius 1 is 1.19 bits per heavy atom. The Hall–Kier alpha value is -1.91. The Kier molecular flexibility index (Phi) is 6.26. The molecule has 4 aliphatic rings. The molecule has 1 N–H and O–H groups in total. The highest BCUT2D eigenvalue weighted by atomic mass is 79.9. The Morgan fingerprint density at radius 2 is 1.97 bits per heavy atom. The van der Waals surface area contributed by atoms with Crippen molar-refractivity contribution in [1.82, 2.24) is 9.88 Å². The lowest BCUT2D eigenvalue weighted by molar-refractivity contribution is -0.0713. The van der Waals surface area contributed by atoms with Crippen molar-refractivity contribution in [3.8, 4) is 11.8 Å². The summed E-state index contributed by atoms with van der Waals surface area (Å²) in [5.74, 6) is 7.83. The number of rotatable bonds is 4. The molecule has 2 aromatic rings. The SMILES string of the molecule is COC1CCN(c2nc(Cc3ccccc3)c(C#CC3(O)CN4CCC3CC4)cc2Br)C1. The second-order valence-corrected chi connectivity index (χ2v) is 10.1. The fourth-order valence-electron chi connectivity index (χ4n) is 5.24. The van der Waals surface area contributed by atoms with Gasteiger partial charge in [-0.15, -0.1) is 0 Å². The van der Waals surface area contributed by atoms with E-state index in [2.05, 4.69) is 67.9 Å². The van der Waals surface area contributed by atoms with Crippen molar-refractivity contribution in [2.75, 3.05) is 44.7 Å². The van der Waals surface area contributed by atoms with Crippen LogP contribution < -0.4 is 4.90 Å². The lowest BCUT2D eigenvalue weighted by atomic mass is 9.75. The third kappa shape index (κ3) is 4.45. The molecule has 0 aliphatic carbocycles. The van der Waals surface area contributed by atoms with E-state index in [0.29, 0.717) is 13.0 Å². The highest BCUT2D eigenvalue weighted by molar-refractivity contribution is 9.10. The largest absolute Gasteiger partial charge is 0.380 e. The number of methoxy groups -OCH3 is 1. The van der Waals surface area contributed by atoms with E-state index in [1.807, 2.05) is 6.07 Å². The van der Waals surface area contributed by atoms with Crippen molar-refractivity contribution < 1.29 is 9.84 Å². The molecule has 32 heavy (non-hydrogen) atoms. The fraction of sp³-hybridized carbons (Fsp3) is 0.500. The van der Waals surface area contributed by atoms with Crippen molar-refractivity contribution in [1.29, 1.82) is 0 Å². The number of ether oxygens (including phenoxy) is 1. The molecule has 0 saturated carbocycles. The van der Waals surface area contributed by atoms with Crippen LogP contribution in [0.1, 0.15) is 36.1 Å². The van der Waals surface area contributed by atoms with Gasteiger partial charge in [0.2, 0.25) is 0 Å². The van der Waals surface area contributed by atoms with E-state index in [1.54, 1.807) is 7.11 Å². The lowest BCUT2D eigenvalue weighted by Gasteiger charge is -2.47. The standard InChI is InChI=1S/C26H30BrN3O2/c1-32-22-10-14-30(17-22)25-23(27)16-20(24(28-25)15-19-5-3-2-4-6-19)7-11-26(31)18-29-12-8-21(26)9-13-29/h2-6,16,21-22,31H,8-10,12-15,17-18H2,1H3. The van der Waals surface area contributed by atoms with Crippen LogP contribution in [-0.2, 0) is 11.2 Å². The average molecular weight is 496 g/mol. The zero-order chi connectivity index (χ0) is 22.1. The molecule has 2 unspecified atom stereocenters. The van der Waals surface area contributed by atoms with Crippen LogP contribution in [-0.4, -0.2) is 66.5 Å². The first-order valence-corrected chi connectivity index (χ1v) is 12.3. The number of hydrogen-bond donors (Lipinski definition) is 1. The maximum absolute atomic E-state index is 11.3. The van der Waals surface area contributed by atoms with Crippen LogP contribution >= 0.6 is 15.9 Å². The molecular weight excluding hydrogens is 466 g/mol. The van der Waals surface area contributed by atoms with Gasteiger partial charge in [0.05, 0.1) is 16.3 Å². The van der Waals surface area contributed by atoms with E-state index in [4.69, 9.17) is 9.72 Å². The van der Waals surface area contributed by atoms with Gasteiger partial charge in [-0.05, 0) is 59.9 Å². The molecule has 1 aromatic heterocycles. The van der Waals surface area contributed by atoms with E-state index < -0.39 is 5.60 Å². The Bertz CT molecular complexity index is 1030. The zero-order valence-electron chi connectivity index (χ0n) is 18.6. The van der Waals surface area contributed by atoms with Gasteiger partial charge in [0.25, 0.3) is 0 Å². The number of anilines is 1. The summed E-state index contributed by atoms with van der Waals surface area (Å²) in [4.78, 5) is 9.69. The molecule has 6 rings (SSSR count). The molecule has 1 aromatic carbocycles. The number of fused-ring (bicyclic) bond motifs is 3. The molecule has 5 heterocycles. The smallest absolute Gasteiger partial charge is 0.143 e. The molecule has 0 spiro atoms.